The maximum Gasteiger partial charge on any atom is 0.411 e. The molecule has 0 saturated heterocycles. The van der Waals surface area contributed by atoms with Gasteiger partial charge in [-0.3, -0.25) is 0 Å². The molecular formula is C12H15F4NO. The van der Waals surface area contributed by atoms with Crippen molar-refractivity contribution in [1.82, 2.24) is 5.32 Å². The standard InChI is InChI=1S/C12H15F4NO/c1-8-3-4-9(13)5-10(8)11(17-2)6-18-7-12(14,15)16/h3-5,11,17H,6-7H2,1-2H3. The van der Waals surface area contributed by atoms with E-state index in [1.807, 2.05) is 0 Å². The number of hydrogen-bond donors (Lipinski definition) is 1. The summed E-state index contributed by atoms with van der Waals surface area (Å²) in [5.41, 5.74) is 1.39. The SMILES string of the molecule is CNC(COCC(F)(F)F)c1cc(F)ccc1C. The summed E-state index contributed by atoms with van der Waals surface area (Å²) in [5.74, 6) is -0.424. The Balaban J connectivity index is 2.68. The van der Waals surface area contributed by atoms with Crippen LogP contribution in [0, 0.1) is 12.7 Å². The van der Waals surface area contributed by atoms with Crippen molar-refractivity contribution in [2.24, 2.45) is 0 Å². The number of ether oxygens (including phenoxy) is 1. The number of hydrogen-bond acceptors (Lipinski definition) is 2. The van der Waals surface area contributed by atoms with Crippen LogP contribution in [0.15, 0.2) is 18.2 Å². The maximum atomic E-state index is 13.1. The lowest BCUT2D eigenvalue weighted by atomic mass is 10.0. The van der Waals surface area contributed by atoms with Crippen LogP contribution in [0.25, 0.3) is 0 Å². The molecule has 6 heteroatoms. The van der Waals surface area contributed by atoms with Crippen molar-refractivity contribution in [2.45, 2.75) is 19.1 Å². The van der Waals surface area contributed by atoms with Crippen LogP contribution in [0.4, 0.5) is 17.6 Å². The highest BCUT2D eigenvalue weighted by Gasteiger charge is 2.28. The molecule has 0 amide bonds. The second kappa shape index (κ2) is 6.15. The monoisotopic (exact) mass is 265 g/mol. The topological polar surface area (TPSA) is 21.3 Å². The van der Waals surface area contributed by atoms with E-state index in [2.05, 4.69) is 10.1 Å². The quantitative estimate of drug-likeness (QED) is 0.826. The normalized spacial score (nSPS) is 13.7. The van der Waals surface area contributed by atoms with Gasteiger partial charge < -0.3 is 10.1 Å². The third kappa shape index (κ3) is 4.62. The van der Waals surface area contributed by atoms with Crippen LogP contribution in [0.3, 0.4) is 0 Å². The molecule has 1 rings (SSSR count). The van der Waals surface area contributed by atoms with Crippen molar-refractivity contribution in [3.8, 4) is 0 Å². The highest BCUT2D eigenvalue weighted by molar-refractivity contribution is 5.29. The van der Waals surface area contributed by atoms with Crippen LogP contribution >= 0.6 is 0 Å². The molecule has 1 N–H and O–H groups in total. The van der Waals surface area contributed by atoms with Crippen LogP contribution in [-0.4, -0.2) is 26.4 Å². The van der Waals surface area contributed by atoms with Crippen LogP contribution in [0.5, 0.6) is 0 Å². The lowest BCUT2D eigenvalue weighted by Crippen LogP contribution is -2.26. The fraction of sp³-hybridized carbons (Fsp3) is 0.500. The lowest BCUT2D eigenvalue weighted by molar-refractivity contribution is -0.175. The first-order valence-electron chi connectivity index (χ1n) is 5.41. The molecule has 0 spiro atoms. The molecule has 0 saturated carbocycles. The fourth-order valence-corrected chi connectivity index (χ4v) is 1.61. The van der Waals surface area contributed by atoms with Crippen LogP contribution < -0.4 is 5.32 Å². The summed E-state index contributed by atoms with van der Waals surface area (Å²) in [5, 5.41) is 2.81. The summed E-state index contributed by atoms with van der Waals surface area (Å²) in [6.45, 7) is 0.294. The maximum absolute atomic E-state index is 13.1. The highest BCUT2D eigenvalue weighted by atomic mass is 19.4. The molecule has 0 aliphatic heterocycles. The number of halogens is 4. The minimum absolute atomic E-state index is 0.166. The first-order valence-corrected chi connectivity index (χ1v) is 5.41. The minimum atomic E-state index is -4.35. The molecule has 1 unspecified atom stereocenters. The summed E-state index contributed by atoms with van der Waals surface area (Å²) < 4.78 is 53.5. The lowest BCUT2D eigenvalue weighted by Gasteiger charge is -2.19. The van der Waals surface area contributed by atoms with Gasteiger partial charge in [-0.25, -0.2) is 4.39 Å². The van der Waals surface area contributed by atoms with Gasteiger partial charge in [0.1, 0.15) is 12.4 Å². The van der Waals surface area contributed by atoms with Crippen molar-refractivity contribution >= 4 is 0 Å². The zero-order valence-electron chi connectivity index (χ0n) is 10.1. The fourth-order valence-electron chi connectivity index (χ4n) is 1.61. The molecule has 0 heterocycles. The Labute approximate surface area is 103 Å². The Morgan fingerprint density at radius 1 is 1.33 bits per heavy atom. The Hall–Kier alpha value is -1.14. The van der Waals surface area contributed by atoms with Crippen LogP contribution in [-0.2, 0) is 4.74 Å². The van der Waals surface area contributed by atoms with E-state index >= 15 is 0 Å². The highest BCUT2D eigenvalue weighted by Crippen LogP contribution is 2.21. The summed E-state index contributed by atoms with van der Waals surface area (Å²) in [7, 11) is 1.59. The molecule has 0 aliphatic carbocycles. The van der Waals surface area contributed by atoms with E-state index in [-0.39, 0.29) is 6.61 Å². The summed E-state index contributed by atoms with van der Waals surface area (Å²) >= 11 is 0. The smallest absolute Gasteiger partial charge is 0.370 e. The number of rotatable bonds is 5. The zero-order valence-corrected chi connectivity index (χ0v) is 10.1. The predicted octanol–water partition coefficient (Wildman–Crippen LogP) is 2.97. The van der Waals surface area contributed by atoms with Crippen molar-refractivity contribution in [1.29, 1.82) is 0 Å². The molecule has 0 bridgehead atoms. The van der Waals surface area contributed by atoms with Gasteiger partial charge in [0.2, 0.25) is 0 Å². The van der Waals surface area contributed by atoms with Gasteiger partial charge >= 0.3 is 6.18 Å². The van der Waals surface area contributed by atoms with Crippen LogP contribution in [0.2, 0.25) is 0 Å². The van der Waals surface area contributed by atoms with E-state index in [0.717, 1.165) is 5.56 Å². The van der Waals surface area contributed by atoms with Crippen molar-refractivity contribution < 1.29 is 22.3 Å². The second-order valence-corrected chi connectivity index (χ2v) is 3.97. The van der Waals surface area contributed by atoms with Crippen molar-refractivity contribution in [3.63, 3.8) is 0 Å². The van der Waals surface area contributed by atoms with E-state index in [1.54, 1.807) is 20.0 Å². The molecular weight excluding hydrogens is 250 g/mol. The van der Waals surface area contributed by atoms with Crippen LogP contribution in [0.1, 0.15) is 17.2 Å². The molecule has 0 fully saturated rings. The van der Waals surface area contributed by atoms with Gasteiger partial charge in [-0.05, 0) is 37.2 Å². The molecule has 1 aromatic carbocycles. The first-order chi connectivity index (χ1) is 8.33. The predicted molar refractivity (Wildman–Crippen MR) is 59.8 cm³/mol. The van der Waals surface area contributed by atoms with Gasteiger partial charge in [-0.1, -0.05) is 6.07 Å². The summed E-state index contributed by atoms with van der Waals surface area (Å²) in [6.07, 6.45) is -4.35. The van der Waals surface area contributed by atoms with Gasteiger partial charge in [0.05, 0.1) is 12.6 Å². The zero-order chi connectivity index (χ0) is 13.8. The number of benzene rings is 1. The Morgan fingerprint density at radius 2 is 2.00 bits per heavy atom. The number of likely N-dealkylation sites (N-methyl/N-ethyl adjacent to an activating group) is 1. The van der Waals surface area contributed by atoms with Gasteiger partial charge in [-0.15, -0.1) is 0 Å². The van der Waals surface area contributed by atoms with E-state index in [9.17, 15) is 17.6 Å². The minimum Gasteiger partial charge on any atom is -0.370 e. The second-order valence-electron chi connectivity index (χ2n) is 3.97. The van der Waals surface area contributed by atoms with Gasteiger partial charge in [0.15, 0.2) is 0 Å². The molecule has 18 heavy (non-hydrogen) atoms. The van der Waals surface area contributed by atoms with E-state index in [1.165, 1.54) is 12.1 Å². The molecule has 0 radical (unpaired) electrons. The Bertz CT molecular complexity index is 392. The Morgan fingerprint density at radius 3 is 2.56 bits per heavy atom. The molecule has 0 aromatic heterocycles. The van der Waals surface area contributed by atoms with E-state index < -0.39 is 24.6 Å². The summed E-state index contributed by atoms with van der Waals surface area (Å²) in [6, 6.07) is 3.72. The van der Waals surface area contributed by atoms with Gasteiger partial charge in [0, 0.05) is 0 Å². The molecule has 2 nitrogen and oxygen atoms in total. The molecule has 1 aromatic rings. The molecule has 0 aliphatic rings. The first kappa shape index (κ1) is 14.9. The third-order valence-electron chi connectivity index (χ3n) is 2.52. The number of alkyl halides is 3. The average Bonchev–Trinajstić information content (AvgIpc) is 2.27. The largest absolute Gasteiger partial charge is 0.411 e. The average molecular weight is 265 g/mol. The number of nitrogens with one attached hydrogen (secondary N) is 1. The van der Waals surface area contributed by atoms with Gasteiger partial charge in [0.25, 0.3) is 0 Å². The summed E-state index contributed by atoms with van der Waals surface area (Å²) in [4.78, 5) is 0. The van der Waals surface area contributed by atoms with E-state index in [4.69, 9.17) is 0 Å². The van der Waals surface area contributed by atoms with E-state index in [0.29, 0.717) is 5.56 Å². The van der Waals surface area contributed by atoms with Crippen molar-refractivity contribution in [3.05, 3.63) is 35.1 Å². The third-order valence-corrected chi connectivity index (χ3v) is 2.52. The molecule has 1 atom stereocenters. The number of aryl methyl sites for hydroxylation is 1. The van der Waals surface area contributed by atoms with Crippen molar-refractivity contribution in [2.75, 3.05) is 20.3 Å². The van der Waals surface area contributed by atoms with Gasteiger partial charge in [-0.2, -0.15) is 13.2 Å². The molecule has 102 valence electrons. The Kier molecular flexibility index (Phi) is 5.10.